The summed E-state index contributed by atoms with van der Waals surface area (Å²) in [4.78, 5) is 15.2. The van der Waals surface area contributed by atoms with Crippen molar-refractivity contribution in [2.75, 3.05) is 5.32 Å². The fourth-order valence-corrected chi connectivity index (χ4v) is 1.33. The molecule has 0 saturated heterocycles. The highest BCUT2D eigenvalue weighted by Crippen LogP contribution is 2.07. The maximum atomic E-state index is 11.2. The van der Waals surface area contributed by atoms with Gasteiger partial charge in [-0.15, -0.1) is 6.42 Å². The first-order valence-electron chi connectivity index (χ1n) is 4.90. The van der Waals surface area contributed by atoms with E-state index in [0.29, 0.717) is 11.5 Å². The second-order valence-electron chi connectivity index (χ2n) is 3.30. The molecule has 0 aliphatic heterocycles. The lowest BCUT2D eigenvalue weighted by Crippen LogP contribution is -2.17. The fourth-order valence-electron chi connectivity index (χ4n) is 1.33. The summed E-state index contributed by atoms with van der Waals surface area (Å²) in [5.41, 5.74) is 0.201. The summed E-state index contributed by atoms with van der Waals surface area (Å²) < 4.78 is 1.32. The average Bonchev–Trinajstić information content (AvgIpc) is 2.68. The van der Waals surface area contributed by atoms with Crippen LogP contribution < -0.4 is 11.0 Å². The average molecular weight is 217 g/mol. The highest BCUT2D eigenvalue weighted by Gasteiger charge is 2.05. The topological polar surface area (TPSA) is 75.1 Å². The predicted octanol–water partition coefficient (Wildman–Crippen LogP) is 0.241. The van der Waals surface area contributed by atoms with Gasteiger partial charge in [-0.05, 0) is 6.42 Å². The number of rotatable bonds is 3. The van der Waals surface area contributed by atoms with Gasteiger partial charge in [0.2, 0.25) is 0 Å². The van der Waals surface area contributed by atoms with Crippen LogP contribution in [0.3, 0.4) is 0 Å². The van der Waals surface area contributed by atoms with Crippen molar-refractivity contribution in [2.45, 2.75) is 19.4 Å². The van der Waals surface area contributed by atoms with Crippen molar-refractivity contribution in [1.82, 2.24) is 19.6 Å². The van der Waals surface area contributed by atoms with Crippen LogP contribution in [0, 0.1) is 12.3 Å². The number of fused-ring (bicyclic) bond motifs is 1. The van der Waals surface area contributed by atoms with Gasteiger partial charge in [0.25, 0.3) is 0 Å². The Morgan fingerprint density at radius 1 is 1.75 bits per heavy atom. The number of terminal acetylenes is 1. The Balaban J connectivity index is 2.33. The van der Waals surface area contributed by atoms with Gasteiger partial charge in [0.15, 0.2) is 5.65 Å². The monoisotopic (exact) mass is 217 g/mol. The lowest BCUT2D eigenvalue weighted by atomic mass is 10.2. The molecule has 0 aromatic carbocycles. The third kappa shape index (κ3) is 1.75. The molecule has 2 aromatic rings. The number of hydrogen-bond acceptors (Lipinski definition) is 4. The van der Waals surface area contributed by atoms with E-state index in [4.69, 9.17) is 6.42 Å². The minimum Gasteiger partial charge on any atom is -0.356 e. The molecule has 82 valence electrons. The smallest absolute Gasteiger partial charge is 0.348 e. The highest BCUT2D eigenvalue weighted by molar-refractivity contribution is 5.49. The Morgan fingerprint density at radius 3 is 3.25 bits per heavy atom. The molecule has 6 nitrogen and oxygen atoms in total. The van der Waals surface area contributed by atoms with Crippen molar-refractivity contribution in [1.29, 1.82) is 0 Å². The SMILES string of the molecule is C#CC(CC)Nc1cc2n[nH]c(=O)n2cn1. The zero-order valence-electron chi connectivity index (χ0n) is 8.77. The number of aromatic nitrogens is 4. The lowest BCUT2D eigenvalue weighted by Gasteiger charge is -2.10. The first-order chi connectivity index (χ1) is 7.74. The van der Waals surface area contributed by atoms with Gasteiger partial charge < -0.3 is 5.32 Å². The molecule has 0 aliphatic rings. The van der Waals surface area contributed by atoms with Gasteiger partial charge in [0.05, 0.1) is 6.04 Å². The van der Waals surface area contributed by atoms with E-state index in [-0.39, 0.29) is 11.7 Å². The van der Waals surface area contributed by atoms with Crippen molar-refractivity contribution in [3.63, 3.8) is 0 Å². The van der Waals surface area contributed by atoms with Crippen LogP contribution in [0.2, 0.25) is 0 Å². The van der Waals surface area contributed by atoms with E-state index in [1.165, 1.54) is 10.7 Å². The van der Waals surface area contributed by atoms with E-state index < -0.39 is 0 Å². The quantitative estimate of drug-likeness (QED) is 0.722. The van der Waals surface area contributed by atoms with Gasteiger partial charge in [0.1, 0.15) is 12.1 Å². The van der Waals surface area contributed by atoms with E-state index in [2.05, 4.69) is 26.4 Å². The minimum atomic E-state index is -0.307. The fraction of sp³-hybridized carbons (Fsp3) is 0.300. The molecule has 2 aromatic heterocycles. The van der Waals surface area contributed by atoms with Gasteiger partial charge >= 0.3 is 5.69 Å². The van der Waals surface area contributed by atoms with E-state index in [9.17, 15) is 4.79 Å². The first kappa shape index (κ1) is 10.2. The maximum Gasteiger partial charge on any atom is 0.348 e. The molecule has 6 heteroatoms. The summed E-state index contributed by atoms with van der Waals surface area (Å²) in [7, 11) is 0. The minimum absolute atomic E-state index is 0.0689. The third-order valence-electron chi connectivity index (χ3n) is 2.24. The molecule has 0 amide bonds. The van der Waals surface area contributed by atoms with Gasteiger partial charge in [0, 0.05) is 6.07 Å². The van der Waals surface area contributed by atoms with Crippen LogP contribution in [-0.4, -0.2) is 25.6 Å². The summed E-state index contributed by atoms with van der Waals surface area (Å²) >= 11 is 0. The summed E-state index contributed by atoms with van der Waals surface area (Å²) in [5, 5.41) is 9.23. The van der Waals surface area contributed by atoms with Crippen LogP contribution in [0.5, 0.6) is 0 Å². The van der Waals surface area contributed by atoms with Crippen molar-refractivity contribution < 1.29 is 0 Å². The first-order valence-corrected chi connectivity index (χ1v) is 4.90. The Morgan fingerprint density at radius 2 is 2.56 bits per heavy atom. The largest absolute Gasteiger partial charge is 0.356 e. The highest BCUT2D eigenvalue weighted by atomic mass is 16.1. The molecule has 2 N–H and O–H groups in total. The zero-order valence-corrected chi connectivity index (χ0v) is 8.77. The number of nitrogens with one attached hydrogen (secondary N) is 2. The van der Waals surface area contributed by atoms with Crippen LogP contribution in [0.25, 0.3) is 5.65 Å². The number of anilines is 1. The Bertz CT molecular complexity index is 591. The van der Waals surface area contributed by atoms with Gasteiger partial charge in [-0.2, -0.15) is 5.10 Å². The Hall–Kier alpha value is -2.29. The summed E-state index contributed by atoms with van der Waals surface area (Å²) in [6.07, 6.45) is 7.54. The van der Waals surface area contributed by atoms with Crippen LogP contribution >= 0.6 is 0 Å². The van der Waals surface area contributed by atoms with E-state index in [1.807, 2.05) is 6.92 Å². The normalized spacial score (nSPS) is 12.2. The lowest BCUT2D eigenvalue weighted by molar-refractivity contribution is 0.848. The van der Waals surface area contributed by atoms with Crippen molar-refractivity contribution in [3.8, 4) is 12.3 Å². The molecule has 0 saturated carbocycles. The van der Waals surface area contributed by atoms with Gasteiger partial charge in [-0.3, -0.25) is 0 Å². The molecule has 16 heavy (non-hydrogen) atoms. The molecule has 0 radical (unpaired) electrons. The summed E-state index contributed by atoms with van der Waals surface area (Å²) in [6, 6.07) is 1.60. The number of nitrogens with zero attached hydrogens (tertiary/aromatic N) is 3. The second-order valence-corrected chi connectivity index (χ2v) is 3.30. The molecule has 1 unspecified atom stereocenters. The standard InChI is InChI=1S/C10H11N5O/c1-3-7(4-2)12-8-5-9-13-14-10(16)15(9)6-11-8/h1,5-7,12H,4H2,2H3,(H,14,16). The zero-order chi connectivity index (χ0) is 11.5. The molecular weight excluding hydrogens is 206 g/mol. The predicted molar refractivity (Wildman–Crippen MR) is 60.1 cm³/mol. The van der Waals surface area contributed by atoms with Crippen molar-refractivity contribution in [3.05, 3.63) is 22.9 Å². The molecular formula is C10H11N5O. The number of aromatic amines is 1. The van der Waals surface area contributed by atoms with Crippen LogP contribution in [0.4, 0.5) is 5.82 Å². The third-order valence-corrected chi connectivity index (χ3v) is 2.24. The van der Waals surface area contributed by atoms with E-state index >= 15 is 0 Å². The molecule has 2 heterocycles. The summed E-state index contributed by atoms with van der Waals surface area (Å²) in [5.74, 6) is 3.21. The molecule has 0 bridgehead atoms. The van der Waals surface area contributed by atoms with Crippen LogP contribution in [-0.2, 0) is 0 Å². The number of H-pyrrole nitrogens is 1. The van der Waals surface area contributed by atoms with E-state index in [0.717, 1.165) is 6.42 Å². The summed E-state index contributed by atoms with van der Waals surface area (Å²) in [6.45, 7) is 1.98. The second kappa shape index (κ2) is 4.06. The van der Waals surface area contributed by atoms with Crippen molar-refractivity contribution in [2.24, 2.45) is 0 Å². The Labute approximate surface area is 91.7 Å². The molecule has 0 fully saturated rings. The molecule has 0 spiro atoms. The van der Waals surface area contributed by atoms with Crippen LogP contribution in [0.1, 0.15) is 13.3 Å². The maximum absolute atomic E-state index is 11.2. The van der Waals surface area contributed by atoms with Crippen molar-refractivity contribution >= 4 is 11.5 Å². The van der Waals surface area contributed by atoms with Gasteiger partial charge in [-0.1, -0.05) is 12.8 Å². The van der Waals surface area contributed by atoms with E-state index in [1.54, 1.807) is 6.07 Å². The number of hydrogen-bond donors (Lipinski definition) is 2. The molecule has 0 aliphatic carbocycles. The van der Waals surface area contributed by atoms with Crippen LogP contribution in [0.15, 0.2) is 17.2 Å². The Kier molecular flexibility index (Phi) is 2.60. The van der Waals surface area contributed by atoms with Gasteiger partial charge in [-0.25, -0.2) is 19.3 Å². The molecule has 1 atom stereocenters. The molecule has 2 rings (SSSR count).